The summed E-state index contributed by atoms with van der Waals surface area (Å²) in [6, 6.07) is 17.1. The summed E-state index contributed by atoms with van der Waals surface area (Å²) in [4.78, 5) is 26.3. The van der Waals surface area contributed by atoms with Gasteiger partial charge in [-0.15, -0.1) is 0 Å². The van der Waals surface area contributed by atoms with Crippen LogP contribution in [0.3, 0.4) is 0 Å². The van der Waals surface area contributed by atoms with Gasteiger partial charge >= 0.3 is 0 Å². The molecule has 0 unspecified atom stereocenters. The first-order valence-electron chi connectivity index (χ1n) is 8.70. The predicted molar refractivity (Wildman–Crippen MR) is 96.6 cm³/mol. The molecule has 1 fully saturated rings. The molecule has 0 saturated carbocycles. The highest BCUT2D eigenvalue weighted by Crippen LogP contribution is 2.19. The van der Waals surface area contributed by atoms with Gasteiger partial charge in [0.2, 0.25) is 0 Å². The second kappa shape index (κ2) is 8.08. The molecule has 1 heterocycles. The van der Waals surface area contributed by atoms with Gasteiger partial charge in [-0.1, -0.05) is 48.5 Å². The third-order valence-corrected chi connectivity index (χ3v) is 4.59. The first-order valence-corrected chi connectivity index (χ1v) is 8.70. The van der Waals surface area contributed by atoms with Gasteiger partial charge in [0.25, 0.3) is 5.91 Å². The summed E-state index contributed by atoms with van der Waals surface area (Å²) in [6.07, 6.45) is 1.81. The van der Waals surface area contributed by atoms with E-state index in [1.54, 1.807) is 24.3 Å². The molecule has 0 aromatic heterocycles. The van der Waals surface area contributed by atoms with E-state index in [9.17, 15) is 9.59 Å². The van der Waals surface area contributed by atoms with Gasteiger partial charge in [0.1, 0.15) is 0 Å². The molecule has 0 spiro atoms. The number of nitrogens with zero attached hydrogens (tertiary/aromatic N) is 1. The number of carbonyl (C=O) groups is 2. The third-order valence-electron chi connectivity index (χ3n) is 4.59. The van der Waals surface area contributed by atoms with E-state index < -0.39 is 0 Å². The Bertz CT molecular complexity index is 734. The molecule has 1 aliphatic rings. The van der Waals surface area contributed by atoms with Crippen LogP contribution in [0.15, 0.2) is 54.6 Å². The summed E-state index contributed by atoms with van der Waals surface area (Å²) < 4.78 is 5.97. The fraction of sp³-hybridized carbons (Fsp3) is 0.333. The Balaban J connectivity index is 1.55. The van der Waals surface area contributed by atoms with Crippen LogP contribution in [0.4, 0.5) is 0 Å². The van der Waals surface area contributed by atoms with Crippen LogP contribution in [0.2, 0.25) is 0 Å². The summed E-state index contributed by atoms with van der Waals surface area (Å²) >= 11 is 0. The molecule has 0 bridgehead atoms. The summed E-state index contributed by atoms with van der Waals surface area (Å²) in [7, 11) is 0. The van der Waals surface area contributed by atoms with Crippen molar-refractivity contribution >= 4 is 11.7 Å². The van der Waals surface area contributed by atoms with E-state index in [-0.39, 0.29) is 17.8 Å². The van der Waals surface area contributed by atoms with Crippen LogP contribution in [0.1, 0.15) is 46.0 Å². The lowest BCUT2D eigenvalue weighted by atomic mass is 10.0. The Morgan fingerprint density at radius 1 is 0.960 bits per heavy atom. The number of hydrogen-bond acceptors (Lipinski definition) is 3. The molecule has 2 aromatic rings. The van der Waals surface area contributed by atoms with Gasteiger partial charge in [-0.05, 0) is 31.4 Å². The van der Waals surface area contributed by atoms with Crippen LogP contribution in [-0.4, -0.2) is 35.8 Å². The first kappa shape index (κ1) is 17.4. The second-order valence-electron chi connectivity index (χ2n) is 6.39. The molecule has 3 rings (SSSR count). The van der Waals surface area contributed by atoms with Crippen molar-refractivity contribution in [3.05, 3.63) is 71.3 Å². The van der Waals surface area contributed by atoms with Gasteiger partial charge in [0, 0.05) is 18.7 Å². The summed E-state index contributed by atoms with van der Waals surface area (Å²) in [5.74, 6) is -0.141. The molecule has 25 heavy (non-hydrogen) atoms. The smallest absolute Gasteiger partial charge is 0.254 e. The Kier molecular flexibility index (Phi) is 5.61. The summed E-state index contributed by atoms with van der Waals surface area (Å²) in [6.45, 7) is 3.41. The molecule has 4 nitrogen and oxygen atoms in total. The molecule has 1 saturated heterocycles. The highest BCUT2D eigenvalue weighted by Gasteiger charge is 2.25. The molecule has 1 amide bonds. The number of ether oxygens (including phenoxy) is 1. The van der Waals surface area contributed by atoms with E-state index in [0.717, 1.165) is 18.4 Å². The van der Waals surface area contributed by atoms with Crippen molar-refractivity contribution in [2.75, 3.05) is 13.1 Å². The molecule has 0 radical (unpaired) electrons. The lowest BCUT2D eigenvalue weighted by Crippen LogP contribution is -2.41. The van der Waals surface area contributed by atoms with Crippen molar-refractivity contribution < 1.29 is 14.3 Å². The van der Waals surface area contributed by atoms with Gasteiger partial charge in [-0.3, -0.25) is 9.59 Å². The fourth-order valence-electron chi connectivity index (χ4n) is 3.16. The summed E-state index contributed by atoms with van der Waals surface area (Å²) in [5.41, 5.74) is 2.16. The normalized spacial score (nSPS) is 15.2. The van der Waals surface area contributed by atoms with Crippen LogP contribution >= 0.6 is 0 Å². The monoisotopic (exact) mass is 337 g/mol. The molecule has 0 aliphatic carbocycles. The molecule has 1 aliphatic heterocycles. The molecule has 4 heteroatoms. The Morgan fingerprint density at radius 2 is 1.56 bits per heavy atom. The maximum absolute atomic E-state index is 12.7. The topological polar surface area (TPSA) is 46.6 Å². The molecule has 0 atom stereocenters. The van der Waals surface area contributed by atoms with Crippen molar-refractivity contribution in [1.82, 2.24) is 4.90 Å². The average molecular weight is 337 g/mol. The number of rotatable bonds is 5. The second-order valence-corrected chi connectivity index (χ2v) is 6.39. The zero-order chi connectivity index (χ0) is 17.6. The third kappa shape index (κ3) is 4.34. The van der Waals surface area contributed by atoms with Crippen molar-refractivity contribution in [2.45, 2.75) is 32.5 Å². The van der Waals surface area contributed by atoms with Crippen molar-refractivity contribution in [1.29, 1.82) is 0 Å². The molecular formula is C21H23NO3. The van der Waals surface area contributed by atoms with E-state index in [4.69, 9.17) is 4.74 Å². The van der Waals surface area contributed by atoms with Crippen LogP contribution in [0.5, 0.6) is 0 Å². The van der Waals surface area contributed by atoms with Gasteiger partial charge in [-0.25, -0.2) is 0 Å². The zero-order valence-corrected chi connectivity index (χ0v) is 14.5. The van der Waals surface area contributed by atoms with E-state index in [1.807, 2.05) is 23.1 Å². The highest BCUT2D eigenvalue weighted by molar-refractivity contribution is 6.07. The Labute approximate surface area is 148 Å². The van der Waals surface area contributed by atoms with Crippen molar-refractivity contribution in [3.63, 3.8) is 0 Å². The minimum atomic E-state index is -0.0787. The van der Waals surface area contributed by atoms with Crippen molar-refractivity contribution in [3.8, 4) is 0 Å². The standard InChI is InChI=1S/C21H23NO3/c1-16(23)19-9-5-6-10-20(19)21(24)22-13-11-18(12-14-22)25-15-17-7-3-2-4-8-17/h2-10,18H,11-15H2,1H3. The van der Waals surface area contributed by atoms with Crippen LogP contribution < -0.4 is 0 Å². The van der Waals surface area contributed by atoms with Gasteiger partial charge < -0.3 is 9.64 Å². The number of ketones is 1. The van der Waals surface area contributed by atoms with E-state index in [1.165, 1.54) is 6.92 Å². The molecule has 130 valence electrons. The number of amides is 1. The lowest BCUT2D eigenvalue weighted by Gasteiger charge is -2.32. The van der Waals surface area contributed by atoms with Crippen LogP contribution in [0, 0.1) is 0 Å². The first-order chi connectivity index (χ1) is 12.1. The number of likely N-dealkylation sites (tertiary alicyclic amines) is 1. The van der Waals surface area contributed by atoms with Crippen LogP contribution in [-0.2, 0) is 11.3 Å². The lowest BCUT2D eigenvalue weighted by molar-refractivity contribution is -0.000412. The average Bonchev–Trinajstić information content (AvgIpc) is 2.67. The van der Waals surface area contributed by atoms with Gasteiger partial charge in [0.05, 0.1) is 18.3 Å². The SMILES string of the molecule is CC(=O)c1ccccc1C(=O)N1CCC(OCc2ccccc2)CC1. The predicted octanol–water partition coefficient (Wildman–Crippen LogP) is 3.71. The highest BCUT2D eigenvalue weighted by atomic mass is 16.5. The van der Waals surface area contributed by atoms with Crippen molar-refractivity contribution in [2.24, 2.45) is 0 Å². The van der Waals surface area contributed by atoms with Gasteiger partial charge in [0.15, 0.2) is 5.78 Å². The number of piperidine rings is 1. The maximum Gasteiger partial charge on any atom is 0.254 e. The Hall–Kier alpha value is -2.46. The van der Waals surface area contributed by atoms with Gasteiger partial charge in [-0.2, -0.15) is 0 Å². The molecule has 2 aromatic carbocycles. The quantitative estimate of drug-likeness (QED) is 0.782. The number of benzene rings is 2. The molecule has 0 N–H and O–H groups in total. The Morgan fingerprint density at radius 3 is 2.20 bits per heavy atom. The minimum Gasteiger partial charge on any atom is -0.373 e. The molecular weight excluding hydrogens is 314 g/mol. The van der Waals surface area contributed by atoms with E-state index in [0.29, 0.717) is 30.8 Å². The number of Topliss-reactive ketones (excluding diaryl/α,β-unsaturated/α-hetero) is 1. The maximum atomic E-state index is 12.7. The summed E-state index contributed by atoms with van der Waals surface area (Å²) in [5, 5.41) is 0. The largest absolute Gasteiger partial charge is 0.373 e. The van der Waals surface area contributed by atoms with E-state index >= 15 is 0 Å². The number of hydrogen-bond donors (Lipinski definition) is 0. The fourth-order valence-corrected chi connectivity index (χ4v) is 3.16. The minimum absolute atomic E-state index is 0.0627. The zero-order valence-electron chi connectivity index (χ0n) is 14.5. The van der Waals surface area contributed by atoms with Crippen LogP contribution in [0.25, 0.3) is 0 Å². The number of carbonyl (C=O) groups excluding carboxylic acids is 2. The van der Waals surface area contributed by atoms with E-state index in [2.05, 4.69) is 12.1 Å².